The van der Waals surface area contributed by atoms with E-state index in [1.54, 1.807) is 20.8 Å². The van der Waals surface area contributed by atoms with Crippen LogP contribution in [-0.4, -0.2) is 57.7 Å². The molecule has 0 aromatic rings. The smallest absolute Gasteiger partial charge is 0.326 e. The number of esters is 2. The summed E-state index contributed by atoms with van der Waals surface area (Å²) in [6.07, 6.45) is 4.10. The second-order valence-corrected chi connectivity index (χ2v) is 8.08. The van der Waals surface area contributed by atoms with Crippen LogP contribution < -0.4 is 10.6 Å². The molecular weight excluding hydrogens is 319 g/mol. The van der Waals surface area contributed by atoms with Crippen LogP contribution in [-0.2, 0) is 19.1 Å². The second-order valence-electron chi connectivity index (χ2n) is 8.08. The van der Waals surface area contributed by atoms with Crippen LogP contribution in [0.15, 0.2) is 0 Å². The number of carbonyl (C=O) groups excluding carboxylic acids is 2. The molecule has 25 heavy (non-hydrogen) atoms. The van der Waals surface area contributed by atoms with Crippen molar-refractivity contribution in [2.75, 3.05) is 26.3 Å². The molecule has 0 aromatic heterocycles. The molecule has 0 aromatic carbocycles. The number of carbonyl (C=O) groups is 2. The van der Waals surface area contributed by atoms with Crippen molar-refractivity contribution in [3.63, 3.8) is 0 Å². The molecule has 3 atom stereocenters. The summed E-state index contributed by atoms with van der Waals surface area (Å²) in [5.74, 6) is -0.275. The third-order valence-electron chi connectivity index (χ3n) is 5.17. The van der Waals surface area contributed by atoms with Crippen molar-refractivity contribution in [1.29, 1.82) is 0 Å². The van der Waals surface area contributed by atoms with Crippen LogP contribution in [0.2, 0.25) is 6.32 Å². The highest BCUT2D eigenvalue weighted by molar-refractivity contribution is 6.08. The molecule has 2 aliphatic heterocycles. The van der Waals surface area contributed by atoms with Gasteiger partial charge in [-0.2, -0.15) is 0 Å². The van der Waals surface area contributed by atoms with Gasteiger partial charge in [-0.25, -0.2) is 0 Å². The second kappa shape index (κ2) is 8.54. The lowest BCUT2D eigenvalue weighted by Crippen LogP contribution is -2.53. The fourth-order valence-corrected chi connectivity index (χ4v) is 3.76. The van der Waals surface area contributed by atoms with Gasteiger partial charge in [-0.3, -0.25) is 9.59 Å². The van der Waals surface area contributed by atoms with Crippen molar-refractivity contribution < 1.29 is 19.1 Å². The quantitative estimate of drug-likeness (QED) is 0.389. The molecule has 2 fully saturated rings. The van der Waals surface area contributed by atoms with E-state index in [4.69, 9.17) is 17.3 Å². The molecule has 2 saturated heterocycles. The summed E-state index contributed by atoms with van der Waals surface area (Å²) in [7, 11) is 5.60. The zero-order valence-corrected chi connectivity index (χ0v) is 15.7. The molecular formula is C18H31BN2O4. The summed E-state index contributed by atoms with van der Waals surface area (Å²) >= 11 is 0. The number of unbranched alkanes of at least 4 members (excludes halogenated alkanes) is 1. The zero-order valence-electron chi connectivity index (χ0n) is 15.7. The van der Waals surface area contributed by atoms with Crippen molar-refractivity contribution in [1.82, 2.24) is 10.6 Å². The molecule has 2 aliphatic rings. The van der Waals surface area contributed by atoms with Crippen LogP contribution in [0.4, 0.5) is 0 Å². The van der Waals surface area contributed by atoms with E-state index in [1.165, 1.54) is 0 Å². The molecule has 0 spiro atoms. The minimum atomic E-state index is -0.641. The first-order valence-electron chi connectivity index (χ1n) is 9.34. The van der Waals surface area contributed by atoms with E-state index in [0.29, 0.717) is 12.4 Å². The SMILES string of the molecule is [B]CCCC[C@@]1(C(=O)OCCOC(=O)C(C)(C)C)NC[C@@H]2NCC[C@@H]21. The highest BCUT2D eigenvalue weighted by Gasteiger charge is 2.55. The van der Waals surface area contributed by atoms with Gasteiger partial charge in [0, 0.05) is 18.5 Å². The zero-order chi connectivity index (χ0) is 18.5. The fourth-order valence-electron chi connectivity index (χ4n) is 3.76. The predicted octanol–water partition coefficient (Wildman–Crippen LogP) is 1.20. The first-order valence-corrected chi connectivity index (χ1v) is 9.34. The highest BCUT2D eigenvalue weighted by atomic mass is 16.6. The fraction of sp³-hybridized carbons (Fsp3) is 0.889. The van der Waals surface area contributed by atoms with Crippen LogP contribution in [0.5, 0.6) is 0 Å². The standard InChI is InChI=1S/C18H31BN2O4/c1-17(2,3)15(22)24-10-11-25-16(23)18(7-4-5-8-19)13-6-9-20-14(13)12-21-18/h13-14,20-21H,4-12H2,1-3H3/t13-,14-,18+/m0/s1. The Morgan fingerprint density at radius 1 is 1.20 bits per heavy atom. The van der Waals surface area contributed by atoms with Gasteiger partial charge in [0.2, 0.25) is 0 Å². The van der Waals surface area contributed by atoms with Gasteiger partial charge >= 0.3 is 11.9 Å². The molecule has 2 heterocycles. The first-order chi connectivity index (χ1) is 11.8. The molecule has 7 heteroatoms. The van der Waals surface area contributed by atoms with E-state index < -0.39 is 11.0 Å². The van der Waals surface area contributed by atoms with Gasteiger partial charge in [-0.1, -0.05) is 19.2 Å². The maximum atomic E-state index is 12.9. The number of hydrogen-bond donors (Lipinski definition) is 2. The van der Waals surface area contributed by atoms with Gasteiger partial charge in [-0.05, 0) is 40.2 Å². The third kappa shape index (κ3) is 4.76. The molecule has 0 saturated carbocycles. The molecule has 2 N–H and O–H groups in total. The van der Waals surface area contributed by atoms with Gasteiger partial charge in [0.25, 0.3) is 0 Å². The van der Waals surface area contributed by atoms with Crippen molar-refractivity contribution >= 4 is 19.8 Å². The number of hydrogen-bond acceptors (Lipinski definition) is 6. The number of nitrogens with one attached hydrogen (secondary N) is 2. The van der Waals surface area contributed by atoms with Crippen LogP contribution in [0, 0.1) is 11.3 Å². The molecule has 0 aliphatic carbocycles. The highest BCUT2D eigenvalue weighted by Crippen LogP contribution is 2.38. The summed E-state index contributed by atoms with van der Waals surface area (Å²) in [4.78, 5) is 24.6. The van der Waals surface area contributed by atoms with Gasteiger partial charge in [0.05, 0.1) is 13.3 Å². The Kier molecular flexibility index (Phi) is 6.91. The molecule has 6 nitrogen and oxygen atoms in total. The van der Waals surface area contributed by atoms with E-state index in [-0.39, 0.29) is 31.1 Å². The van der Waals surface area contributed by atoms with Gasteiger partial charge in [0.15, 0.2) is 0 Å². The maximum absolute atomic E-state index is 12.9. The van der Waals surface area contributed by atoms with E-state index in [2.05, 4.69) is 10.6 Å². The molecule has 0 bridgehead atoms. The first kappa shape index (κ1) is 20.2. The van der Waals surface area contributed by atoms with Crippen molar-refractivity contribution in [2.24, 2.45) is 11.3 Å². The van der Waals surface area contributed by atoms with Crippen LogP contribution >= 0.6 is 0 Å². The number of ether oxygens (including phenoxy) is 2. The lowest BCUT2D eigenvalue weighted by molar-refractivity contribution is -0.162. The average molecular weight is 350 g/mol. The molecule has 0 amide bonds. The maximum Gasteiger partial charge on any atom is 0.326 e. The minimum absolute atomic E-state index is 0.0891. The Balaban J connectivity index is 1.89. The lowest BCUT2D eigenvalue weighted by Gasteiger charge is -2.32. The monoisotopic (exact) mass is 350 g/mol. The number of fused-ring (bicyclic) bond motifs is 1. The van der Waals surface area contributed by atoms with Gasteiger partial charge in [0.1, 0.15) is 18.8 Å². The van der Waals surface area contributed by atoms with Crippen LogP contribution in [0.1, 0.15) is 46.5 Å². The van der Waals surface area contributed by atoms with Gasteiger partial charge in [-0.15, -0.1) is 0 Å². The predicted molar refractivity (Wildman–Crippen MR) is 96.4 cm³/mol. The van der Waals surface area contributed by atoms with E-state index in [9.17, 15) is 9.59 Å². The van der Waals surface area contributed by atoms with Crippen molar-refractivity contribution in [3.05, 3.63) is 0 Å². The van der Waals surface area contributed by atoms with Crippen molar-refractivity contribution in [3.8, 4) is 0 Å². The molecule has 0 unspecified atom stereocenters. The number of rotatable bonds is 8. The van der Waals surface area contributed by atoms with Crippen LogP contribution in [0.25, 0.3) is 0 Å². The third-order valence-corrected chi connectivity index (χ3v) is 5.17. The Hall–Kier alpha value is -1.08. The Morgan fingerprint density at radius 2 is 1.92 bits per heavy atom. The summed E-state index contributed by atoms with van der Waals surface area (Å²) in [5.41, 5.74) is -1.19. The molecule has 2 rings (SSSR count). The Bertz CT molecular complexity index is 480. The largest absolute Gasteiger partial charge is 0.462 e. The topological polar surface area (TPSA) is 76.7 Å². The molecule has 140 valence electrons. The Morgan fingerprint density at radius 3 is 2.60 bits per heavy atom. The lowest BCUT2D eigenvalue weighted by atomic mass is 9.78. The summed E-state index contributed by atoms with van der Waals surface area (Å²) in [6.45, 7) is 7.28. The van der Waals surface area contributed by atoms with Gasteiger partial charge < -0.3 is 20.1 Å². The minimum Gasteiger partial charge on any atom is -0.462 e. The summed E-state index contributed by atoms with van der Waals surface area (Å²) < 4.78 is 10.7. The molecule has 2 radical (unpaired) electrons. The van der Waals surface area contributed by atoms with Crippen LogP contribution in [0.3, 0.4) is 0 Å². The summed E-state index contributed by atoms with van der Waals surface area (Å²) in [5, 5.41) is 6.87. The van der Waals surface area contributed by atoms with E-state index in [0.717, 1.165) is 38.8 Å². The van der Waals surface area contributed by atoms with E-state index >= 15 is 0 Å². The van der Waals surface area contributed by atoms with Crippen molar-refractivity contribution in [2.45, 2.75) is 64.4 Å². The average Bonchev–Trinajstić information content (AvgIpc) is 3.14. The van der Waals surface area contributed by atoms with E-state index in [1.807, 2.05) is 0 Å². The Labute approximate surface area is 152 Å². The summed E-state index contributed by atoms with van der Waals surface area (Å²) in [6, 6.07) is 0.323. The normalized spacial score (nSPS) is 28.6.